The molecule has 192 valence electrons. The van der Waals surface area contributed by atoms with Crippen LogP contribution in [0.3, 0.4) is 0 Å². The number of hydrogen-bond donors (Lipinski definition) is 3. The van der Waals surface area contributed by atoms with Gasteiger partial charge in [0.25, 0.3) is 12.3 Å². The van der Waals surface area contributed by atoms with Gasteiger partial charge in [0.2, 0.25) is 0 Å². The number of nitrogen functional groups attached to an aromatic ring is 1. The van der Waals surface area contributed by atoms with E-state index in [1.807, 2.05) is 13.8 Å². The molecule has 1 aromatic carbocycles. The molecule has 1 aromatic heterocycles. The van der Waals surface area contributed by atoms with Crippen LogP contribution in [0.2, 0.25) is 0 Å². The lowest BCUT2D eigenvalue weighted by molar-refractivity contribution is 0.0964. The fraction of sp³-hybridized carbons (Fsp3) is 0.435. The molecule has 1 amide bonds. The van der Waals surface area contributed by atoms with Crippen molar-refractivity contribution in [2.45, 2.75) is 46.0 Å². The number of amides is 1. The van der Waals surface area contributed by atoms with Gasteiger partial charge in [-0.2, -0.15) is 0 Å². The van der Waals surface area contributed by atoms with Crippen molar-refractivity contribution in [1.82, 2.24) is 15.2 Å². The first-order chi connectivity index (χ1) is 16.8. The van der Waals surface area contributed by atoms with E-state index in [9.17, 15) is 22.4 Å². The highest BCUT2D eigenvalue weighted by Gasteiger charge is 2.25. The van der Waals surface area contributed by atoms with E-state index < -0.39 is 36.1 Å². The Bertz CT molecular complexity index is 1030. The number of hydrogen-bond acceptors (Lipinski definition) is 6. The Labute approximate surface area is 205 Å². The predicted molar refractivity (Wildman–Crippen MR) is 131 cm³/mol. The molecule has 35 heavy (non-hydrogen) atoms. The summed E-state index contributed by atoms with van der Waals surface area (Å²) < 4.78 is 54.0. The van der Waals surface area contributed by atoms with Crippen molar-refractivity contribution in [2.24, 2.45) is 10.7 Å². The van der Waals surface area contributed by atoms with E-state index in [4.69, 9.17) is 11.5 Å². The van der Waals surface area contributed by atoms with E-state index in [1.165, 1.54) is 6.07 Å². The molecular formula is C23H30F4N6OS. The highest BCUT2D eigenvalue weighted by molar-refractivity contribution is 7.19. The van der Waals surface area contributed by atoms with Gasteiger partial charge in [0, 0.05) is 19.3 Å². The number of benzene rings is 1. The zero-order valence-electron chi connectivity index (χ0n) is 19.7. The van der Waals surface area contributed by atoms with Gasteiger partial charge in [-0.05, 0) is 25.0 Å². The maximum Gasteiger partial charge on any atom is 0.277 e. The van der Waals surface area contributed by atoms with Crippen LogP contribution in [-0.2, 0) is 0 Å². The first kappa shape index (κ1) is 28.1. The molecule has 2 heterocycles. The van der Waals surface area contributed by atoms with Crippen molar-refractivity contribution in [3.05, 3.63) is 47.4 Å². The number of carbonyl (C=O) groups excluding carboxylic acids is 1. The van der Waals surface area contributed by atoms with E-state index in [2.05, 4.69) is 15.3 Å². The minimum atomic E-state index is -2.67. The summed E-state index contributed by atoms with van der Waals surface area (Å²) in [5, 5.41) is 2.34. The smallest absolute Gasteiger partial charge is 0.277 e. The number of aromatic nitrogens is 1. The molecule has 0 unspecified atom stereocenters. The maximum atomic E-state index is 14.1. The number of likely N-dealkylation sites (tertiary alicyclic amines) is 1. The zero-order valence-corrected chi connectivity index (χ0v) is 20.5. The molecule has 1 aliphatic rings. The molecule has 1 saturated heterocycles. The number of rotatable bonds is 6. The van der Waals surface area contributed by atoms with E-state index in [-0.39, 0.29) is 27.2 Å². The van der Waals surface area contributed by atoms with Gasteiger partial charge in [0.1, 0.15) is 34.0 Å². The molecule has 0 atom stereocenters. The van der Waals surface area contributed by atoms with Crippen molar-refractivity contribution in [3.63, 3.8) is 0 Å². The number of aliphatic imine (C=N–C) groups is 1. The molecule has 0 aliphatic carbocycles. The van der Waals surface area contributed by atoms with Crippen LogP contribution in [0.25, 0.3) is 10.6 Å². The molecule has 3 rings (SSSR count). The summed E-state index contributed by atoms with van der Waals surface area (Å²) in [5.41, 5.74) is 11.0. The molecular weight excluding hydrogens is 484 g/mol. The normalized spacial score (nSPS) is 14.9. The summed E-state index contributed by atoms with van der Waals surface area (Å²) in [4.78, 5) is 22.7. The molecule has 0 radical (unpaired) electrons. The van der Waals surface area contributed by atoms with Crippen molar-refractivity contribution in [2.75, 3.05) is 25.4 Å². The van der Waals surface area contributed by atoms with Crippen LogP contribution in [0.15, 0.2) is 35.1 Å². The molecule has 0 bridgehead atoms. The second-order valence-electron chi connectivity index (χ2n) is 7.32. The number of amidine groups is 1. The number of anilines is 1. The maximum absolute atomic E-state index is 14.1. The lowest BCUT2D eigenvalue weighted by atomic mass is 10.2. The van der Waals surface area contributed by atoms with Gasteiger partial charge in [-0.15, -0.1) is 0 Å². The largest absolute Gasteiger partial charge is 0.403 e. The minimum absolute atomic E-state index is 0.0218. The Balaban J connectivity index is 0.00000210. The van der Waals surface area contributed by atoms with Gasteiger partial charge in [0.15, 0.2) is 5.69 Å². The van der Waals surface area contributed by atoms with Crippen LogP contribution in [-0.4, -0.2) is 47.7 Å². The van der Waals surface area contributed by atoms with Gasteiger partial charge in [0.05, 0.1) is 11.3 Å². The number of nitrogens with two attached hydrogens (primary N) is 2. The van der Waals surface area contributed by atoms with E-state index in [1.54, 1.807) is 4.90 Å². The van der Waals surface area contributed by atoms with Gasteiger partial charge in [-0.3, -0.25) is 9.79 Å². The predicted octanol–water partition coefficient (Wildman–Crippen LogP) is 4.77. The van der Waals surface area contributed by atoms with Crippen LogP contribution in [0.1, 0.15) is 50.0 Å². The fourth-order valence-corrected chi connectivity index (χ4v) is 4.33. The monoisotopic (exact) mass is 514 g/mol. The summed E-state index contributed by atoms with van der Waals surface area (Å²) >= 11 is 0.747. The van der Waals surface area contributed by atoms with Crippen molar-refractivity contribution in [1.29, 1.82) is 0 Å². The molecule has 1 fully saturated rings. The fourth-order valence-electron chi connectivity index (χ4n) is 3.45. The Hall–Kier alpha value is -3.15. The SMILES string of the molecule is CC.N/C=C(/NC(=O)c1nc(-c2c(F)cccc2F)sc1N)C(=NCC(F)F)N1CCCCCC1. The second kappa shape index (κ2) is 13.7. The summed E-state index contributed by atoms with van der Waals surface area (Å²) in [6, 6.07) is 3.34. The second-order valence-corrected chi connectivity index (χ2v) is 8.35. The third-order valence-electron chi connectivity index (χ3n) is 4.99. The van der Waals surface area contributed by atoms with Crippen LogP contribution < -0.4 is 16.8 Å². The van der Waals surface area contributed by atoms with Gasteiger partial charge < -0.3 is 21.7 Å². The van der Waals surface area contributed by atoms with Crippen molar-refractivity contribution >= 4 is 28.1 Å². The van der Waals surface area contributed by atoms with Gasteiger partial charge in [-0.1, -0.05) is 44.1 Å². The highest BCUT2D eigenvalue weighted by Crippen LogP contribution is 2.33. The van der Waals surface area contributed by atoms with Crippen molar-refractivity contribution in [3.8, 4) is 10.6 Å². The minimum Gasteiger partial charge on any atom is -0.403 e. The molecule has 0 spiro atoms. The topological polar surface area (TPSA) is 110 Å². The average Bonchev–Trinajstić information content (AvgIpc) is 3.03. The zero-order chi connectivity index (χ0) is 26.0. The van der Waals surface area contributed by atoms with Gasteiger partial charge in [-0.25, -0.2) is 22.5 Å². The van der Waals surface area contributed by atoms with E-state index >= 15 is 0 Å². The summed E-state index contributed by atoms with van der Waals surface area (Å²) in [6.45, 7) is 4.39. The first-order valence-electron chi connectivity index (χ1n) is 11.3. The third kappa shape index (κ3) is 7.41. The molecule has 2 aromatic rings. The molecule has 12 heteroatoms. The number of halogens is 4. The number of alkyl halides is 2. The number of nitrogens with zero attached hydrogens (tertiary/aromatic N) is 3. The molecule has 0 saturated carbocycles. The number of thiazole rings is 1. The average molecular weight is 515 g/mol. The molecule has 5 N–H and O–H groups in total. The van der Waals surface area contributed by atoms with E-state index in [0.717, 1.165) is 55.4 Å². The van der Waals surface area contributed by atoms with Crippen LogP contribution in [0.5, 0.6) is 0 Å². The number of nitrogens with one attached hydrogen (secondary N) is 1. The third-order valence-corrected chi connectivity index (χ3v) is 5.89. The Kier molecular flexibility index (Phi) is 11.0. The van der Waals surface area contributed by atoms with Crippen LogP contribution >= 0.6 is 11.3 Å². The lowest BCUT2D eigenvalue weighted by Crippen LogP contribution is -2.40. The van der Waals surface area contributed by atoms with Crippen molar-refractivity contribution < 1.29 is 22.4 Å². The Morgan fingerprint density at radius 3 is 2.34 bits per heavy atom. The van der Waals surface area contributed by atoms with E-state index in [0.29, 0.717) is 13.1 Å². The molecule has 1 aliphatic heterocycles. The quantitative estimate of drug-likeness (QED) is 0.292. The summed E-state index contributed by atoms with van der Waals surface area (Å²) in [6.07, 6.45) is 2.07. The molecule has 7 nitrogen and oxygen atoms in total. The number of carbonyl (C=O) groups is 1. The van der Waals surface area contributed by atoms with Crippen LogP contribution in [0, 0.1) is 11.6 Å². The highest BCUT2D eigenvalue weighted by atomic mass is 32.1. The van der Waals surface area contributed by atoms with Gasteiger partial charge >= 0.3 is 0 Å². The lowest BCUT2D eigenvalue weighted by Gasteiger charge is -2.26. The summed E-state index contributed by atoms with van der Waals surface area (Å²) in [5.74, 6) is -2.35. The first-order valence-corrected chi connectivity index (χ1v) is 12.1. The Morgan fingerprint density at radius 2 is 1.80 bits per heavy atom. The standard InChI is InChI=1S/C21H24F4N6OS.C2H6/c22-12-6-5-7-13(23)16(12)21-30-17(18(27)33-21)20(32)29-14(10-26)19(28-11-15(24)25)31-8-3-1-2-4-9-31;1-2/h5-7,10,15H,1-4,8-9,11,26-27H2,(H,29,32);1-2H3/b14-10+,28-19?;. The summed E-state index contributed by atoms with van der Waals surface area (Å²) in [7, 11) is 0. The van der Waals surface area contributed by atoms with Crippen LogP contribution in [0.4, 0.5) is 22.6 Å². The Morgan fingerprint density at radius 1 is 1.20 bits per heavy atom.